The van der Waals surface area contributed by atoms with E-state index in [1.165, 1.54) is 12.1 Å². The molecule has 1 aliphatic carbocycles. The van der Waals surface area contributed by atoms with Crippen molar-refractivity contribution in [2.75, 3.05) is 0 Å². The van der Waals surface area contributed by atoms with Crippen LogP contribution in [-0.4, -0.2) is 30.9 Å². The van der Waals surface area contributed by atoms with Crippen LogP contribution in [0.3, 0.4) is 0 Å². The first-order valence-electron chi connectivity index (χ1n) is 10.3. The van der Waals surface area contributed by atoms with Gasteiger partial charge >= 0.3 is 5.97 Å². The Morgan fingerprint density at radius 2 is 1.87 bits per heavy atom. The van der Waals surface area contributed by atoms with Crippen molar-refractivity contribution in [2.45, 2.75) is 37.2 Å². The number of aromatic amines is 1. The first kappa shape index (κ1) is 18.1. The number of imidazole rings is 1. The Morgan fingerprint density at radius 1 is 1.06 bits per heavy atom. The average Bonchev–Trinajstić information content (AvgIpc) is 3.34. The average molecular weight is 415 g/mol. The number of rotatable bonds is 2. The molecule has 1 saturated carbocycles. The zero-order valence-corrected chi connectivity index (χ0v) is 16.5. The van der Waals surface area contributed by atoms with E-state index in [4.69, 9.17) is 9.72 Å². The summed E-state index contributed by atoms with van der Waals surface area (Å²) in [5.74, 6) is 1.02. The Labute approximate surface area is 176 Å². The molecule has 6 rings (SSSR count). The van der Waals surface area contributed by atoms with Crippen molar-refractivity contribution in [1.29, 1.82) is 0 Å². The van der Waals surface area contributed by atoms with E-state index in [0.29, 0.717) is 17.0 Å². The Kier molecular flexibility index (Phi) is 3.89. The lowest BCUT2D eigenvalue weighted by molar-refractivity contribution is -0.0312. The standard InChI is InChI=1S/C23H18FN5O2/c24-15-3-1-13(2-4-15)19-26-12-18-21(28-19)29-20(27-18)14-5-8-23(9-6-14)17-7-10-25-11-16(17)22(30)31-23/h1-4,7,10-12,14H,5-6,8-9H2,(H,26,27,28,29). The molecule has 0 unspecified atom stereocenters. The van der Waals surface area contributed by atoms with Gasteiger partial charge in [-0.2, -0.15) is 0 Å². The van der Waals surface area contributed by atoms with E-state index in [0.717, 1.165) is 48.2 Å². The van der Waals surface area contributed by atoms with Gasteiger partial charge in [-0.25, -0.2) is 24.1 Å². The second-order valence-electron chi connectivity index (χ2n) is 8.14. The van der Waals surface area contributed by atoms with Gasteiger partial charge in [0.2, 0.25) is 0 Å². The fourth-order valence-corrected chi connectivity index (χ4v) is 4.73. The second kappa shape index (κ2) is 6.66. The summed E-state index contributed by atoms with van der Waals surface area (Å²) in [6.45, 7) is 0. The third kappa shape index (κ3) is 2.90. The van der Waals surface area contributed by atoms with Crippen molar-refractivity contribution < 1.29 is 13.9 Å². The number of hydrogen-bond acceptors (Lipinski definition) is 6. The van der Waals surface area contributed by atoms with E-state index in [1.807, 2.05) is 6.07 Å². The van der Waals surface area contributed by atoms with Crippen LogP contribution < -0.4 is 0 Å². The number of H-pyrrole nitrogens is 1. The second-order valence-corrected chi connectivity index (χ2v) is 8.14. The molecule has 0 atom stereocenters. The zero-order valence-electron chi connectivity index (χ0n) is 16.5. The molecule has 154 valence electrons. The van der Waals surface area contributed by atoms with Crippen LogP contribution in [0.2, 0.25) is 0 Å². The van der Waals surface area contributed by atoms with Crippen molar-refractivity contribution in [1.82, 2.24) is 24.9 Å². The smallest absolute Gasteiger partial charge is 0.341 e. The van der Waals surface area contributed by atoms with Crippen molar-refractivity contribution in [2.24, 2.45) is 0 Å². The predicted molar refractivity (Wildman–Crippen MR) is 110 cm³/mol. The number of esters is 1. The molecule has 0 amide bonds. The summed E-state index contributed by atoms with van der Waals surface area (Å²) in [6, 6.07) is 7.98. The Balaban J connectivity index is 1.25. The van der Waals surface area contributed by atoms with Gasteiger partial charge in [0.25, 0.3) is 0 Å². The zero-order chi connectivity index (χ0) is 21.0. The van der Waals surface area contributed by atoms with Gasteiger partial charge in [0.15, 0.2) is 11.5 Å². The topological polar surface area (TPSA) is 93.6 Å². The summed E-state index contributed by atoms with van der Waals surface area (Å²) in [6.07, 6.45) is 8.18. The highest BCUT2D eigenvalue weighted by Gasteiger charge is 2.48. The molecule has 1 aliphatic heterocycles. The normalized spacial score (nSPS) is 22.6. The molecule has 1 fully saturated rings. The molecule has 3 aromatic heterocycles. The van der Waals surface area contributed by atoms with Crippen LogP contribution in [0.25, 0.3) is 22.6 Å². The molecule has 1 aromatic carbocycles. The molecule has 7 nitrogen and oxygen atoms in total. The first-order chi connectivity index (χ1) is 15.1. The lowest BCUT2D eigenvalue weighted by Crippen LogP contribution is -2.31. The van der Waals surface area contributed by atoms with E-state index in [1.54, 1.807) is 30.7 Å². The van der Waals surface area contributed by atoms with Crippen LogP contribution in [0.15, 0.2) is 48.9 Å². The van der Waals surface area contributed by atoms with Gasteiger partial charge in [0.1, 0.15) is 22.8 Å². The predicted octanol–water partition coefficient (Wildman–Crippen LogP) is 4.28. The minimum absolute atomic E-state index is 0.221. The molecule has 4 heterocycles. The van der Waals surface area contributed by atoms with E-state index in [-0.39, 0.29) is 17.7 Å². The third-order valence-electron chi connectivity index (χ3n) is 6.36. The van der Waals surface area contributed by atoms with Crippen molar-refractivity contribution in [3.05, 3.63) is 71.7 Å². The highest BCUT2D eigenvalue weighted by molar-refractivity contribution is 5.94. The summed E-state index contributed by atoms with van der Waals surface area (Å²) in [4.78, 5) is 33.3. The van der Waals surface area contributed by atoms with Crippen molar-refractivity contribution in [3.63, 3.8) is 0 Å². The number of nitrogens with zero attached hydrogens (tertiary/aromatic N) is 4. The molecule has 0 saturated heterocycles. The van der Waals surface area contributed by atoms with Crippen molar-refractivity contribution >= 4 is 17.1 Å². The monoisotopic (exact) mass is 415 g/mol. The molecule has 4 aromatic rings. The highest BCUT2D eigenvalue weighted by Crippen LogP contribution is 2.49. The summed E-state index contributed by atoms with van der Waals surface area (Å²) >= 11 is 0. The summed E-state index contributed by atoms with van der Waals surface area (Å²) in [5, 5.41) is 0. The lowest BCUT2D eigenvalue weighted by atomic mass is 9.75. The number of hydrogen-bond donors (Lipinski definition) is 1. The van der Waals surface area contributed by atoms with E-state index >= 15 is 0 Å². The first-order valence-corrected chi connectivity index (χ1v) is 10.3. The van der Waals surface area contributed by atoms with E-state index < -0.39 is 5.60 Å². The van der Waals surface area contributed by atoms with Crippen LogP contribution in [0.1, 0.15) is 53.3 Å². The fourth-order valence-electron chi connectivity index (χ4n) is 4.73. The molecule has 0 radical (unpaired) electrons. The van der Waals surface area contributed by atoms with Crippen molar-refractivity contribution in [3.8, 4) is 11.4 Å². The van der Waals surface area contributed by atoms with Crippen LogP contribution in [-0.2, 0) is 10.3 Å². The van der Waals surface area contributed by atoms with E-state index in [9.17, 15) is 9.18 Å². The Bertz CT molecular complexity index is 1310. The molecule has 8 heteroatoms. The molecular weight excluding hydrogens is 397 g/mol. The summed E-state index contributed by atoms with van der Waals surface area (Å²) < 4.78 is 19.0. The number of fused-ring (bicyclic) bond motifs is 3. The molecule has 31 heavy (non-hydrogen) atoms. The number of halogens is 1. The minimum Gasteiger partial charge on any atom is -0.451 e. The molecule has 1 N–H and O–H groups in total. The summed E-state index contributed by atoms with van der Waals surface area (Å²) in [5.41, 5.74) is 3.08. The van der Waals surface area contributed by atoms with Gasteiger partial charge in [0, 0.05) is 29.4 Å². The Morgan fingerprint density at radius 3 is 2.68 bits per heavy atom. The number of aromatic nitrogens is 5. The lowest BCUT2D eigenvalue weighted by Gasteiger charge is -2.35. The maximum Gasteiger partial charge on any atom is 0.341 e. The molecule has 1 spiro atoms. The number of benzene rings is 1. The fraction of sp³-hybridized carbons (Fsp3) is 0.261. The molecule has 2 aliphatic rings. The summed E-state index contributed by atoms with van der Waals surface area (Å²) in [7, 11) is 0. The SMILES string of the molecule is O=C1OC2(CCC(c3nc4nc(-c5ccc(F)cc5)ncc4[nH]3)CC2)c2ccncc21. The number of nitrogens with one attached hydrogen (secondary N) is 1. The number of pyridine rings is 1. The largest absolute Gasteiger partial charge is 0.451 e. The van der Waals surface area contributed by atoms with Crippen LogP contribution in [0.4, 0.5) is 4.39 Å². The maximum absolute atomic E-state index is 13.2. The quantitative estimate of drug-likeness (QED) is 0.491. The van der Waals surface area contributed by atoms with Gasteiger partial charge in [-0.3, -0.25) is 4.98 Å². The Hall–Kier alpha value is -3.68. The van der Waals surface area contributed by atoms with Crippen LogP contribution >= 0.6 is 0 Å². The van der Waals surface area contributed by atoms with Crippen LogP contribution in [0.5, 0.6) is 0 Å². The van der Waals surface area contributed by atoms with Gasteiger partial charge in [-0.1, -0.05) is 0 Å². The number of ether oxygens (including phenoxy) is 1. The molecule has 0 bridgehead atoms. The minimum atomic E-state index is -0.548. The van der Waals surface area contributed by atoms with Crippen LogP contribution in [0, 0.1) is 5.82 Å². The third-order valence-corrected chi connectivity index (χ3v) is 6.36. The molecular formula is C23H18FN5O2. The van der Waals surface area contributed by atoms with Gasteiger partial charge in [-0.05, 0) is 56.0 Å². The number of carbonyl (C=O) groups is 1. The van der Waals surface area contributed by atoms with Gasteiger partial charge < -0.3 is 9.72 Å². The van der Waals surface area contributed by atoms with E-state index in [2.05, 4.69) is 19.9 Å². The maximum atomic E-state index is 13.2. The van der Waals surface area contributed by atoms with Gasteiger partial charge in [-0.15, -0.1) is 0 Å². The number of carbonyl (C=O) groups excluding carboxylic acids is 1. The highest BCUT2D eigenvalue weighted by atomic mass is 19.1. The van der Waals surface area contributed by atoms with Gasteiger partial charge in [0.05, 0.1) is 11.8 Å².